The Morgan fingerprint density at radius 3 is 2.76 bits per heavy atom. The second-order valence-corrected chi connectivity index (χ2v) is 7.17. The standard InChI is InChI=1S/C24H22FN5O3/c1-32-23-14-18(8-11-22(23)33-16-17-6-9-19(25)10-7-17)15-26-28-24(31)12-13-30-21-5-3-2-4-20(21)27-29-30/h2-11,14-15H,12-13,16H2,1H3,(H,28,31). The van der Waals surface area contributed by atoms with Gasteiger partial charge in [-0.2, -0.15) is 5.10 Å². The van der Waals surface area contributed by atoms with E-state index >= 15 is 0 Å². The number of para-hydroxylation sites is 1. The summed E-state index contributed by atoms with van der Waals surface area (Å²) in [6.07, 6.45) is 1.74. The van der Waals surface area contributed by atoms with E-state index in [1.807, 2.05) is 24.3 Å². The molecule has 1 N–H and O–H groups in total. The first kappa shape index (κ1) is 21.9. The summed E-state index contributed by atoms with van der Waals surface area (Å²) in [5.41, 5.74) is 5.74. The second kappa shape index (κ2) is 10.4. The van der Waals surface area contributed by atoms with Gasteiger partial charge in [0.25, 0.3) is 0 Å². The van der Waals surface area contributed by atoms with Crippen molar-refractivity contribution in [1.29, 1.82) is 0 Å². The Labute approximate surface area is 189 Å². The summed E-state index contributed by atoms with van der Waals surface area (Å²) >= 11 is 0. The minimum Gasteiger partial charge on any atom is -0.493 e. The summed E-state index contributed by atoms with van der Waals surface area (Å²) < 4.78 is 25.9. The van der Waals surface area contributed by atoms with E-state index in [1.54, 1.807) is 35.0 Å². The number of fused-ring (bicyclic) bond motifs is 1. The zero-order chi connectivity index (χ0) is 23.0. The number of halogens is 1. The van der Waals surface area contributed by atoms with Crippen molar-refractivity contribution in [3.8, 4) is 11.5 Å². The van der Waals surface area contributed by atoms with Gasteiger partial charge in [0.05, 0.1) is 25.4 Å². The van der Waals surface area contributed by atoms with E-state index in [4.69, 9.17) is 9.47 Å². The van der Waals surface area contributed by atoms with Gasteiger partial charge in [0, 0.05) is 6.42 Å². The molecule has 4 aromatic rings. The number of nitrogens with one attached hydrogen (secondary N) is 1. The van der Waals surface area contributed by atoms with Crippen molar-refractivity contribution in [2.24, 2.45) is 5.10 Å². The number of nitrogens with zero attached hydrogens (tertiary/aromatic N) is 4. The van der Waals surface area contributed by atoms with Crippen LogP contribution in [0.2, 0.25) is 0 Å². The Morgan fingerprint density at radius 1 is 1.12 bits per heavy atom. The molecule has 0 aliphatic carbocycles. The van der Waals surface area contributed by atoms with E-state index in [0.29, 0.717) is 18.0 Å². The highest BCUT2D eigenvalue weighted by atomic mass is 19.1. The normalized spacial score (nSPS) is 11.1. The van der Waals surface area contributed by atoms with Crippen LogP contribution in [0.15, 0.2) is 71.8 Å². The van der Waals surface area contributed by atoms with Gasteiger partial charge in [-0.1, -0.05) is 29.5 Å². The Kier molecular flexibility index (Phi) is 6.89. The highest BCUT2D eigenvalue weighted by Gasteiger charge is 2.08. The molecule has 0 unspecified atom stereocenters. The molecule has 0 atom stereocenters. The number of rotatable bonds is 9. The smallest absolute Gasteiger partial charge is 0.241 e. The maximum atomic E-state index is 13.0. The molecule has 0 radical (unpaired) electrons. The molecule has 0 saturated carbocycles. The average Bonchev–Trinajstić information content (AvgIpc) is 3.26. The third-order valence-electron chi connectivity index (χ3n) is 4.87. The first-order chi connectivity index (χ1) is 16.1. The average molecular weight is 447 g/mol. The molecule has 3 aromatic carbocycles. The zero-order valence-corrected chi connectivity index (χ0v) is 17.9. The SMILES string of the molecule is COc1cc(C=NNC(=O)CCn2nnc3ccccc32)ccc1OCc1ccc(F)cc1. The molecule has 4 rings (SSSR count). The van der Waals surface area contributed by atoms with Gasteiger partial charge in [-0.05, 0) is 53.6 Å². The van der Waals surface area contributed by atoms with Crippen molar-refractivity contribution in [1.82, 2.24) is 20.4 Å². The number of aromatic nitrogens is 3. The van der Waals surface area contributed by atoms with Crippen molar-refractivity contribution >= 4 is 23.2 Å². The van der Waals surface area contributed by atoms with Gasteiger partial charge in [-0.25, -0.2) is 14.5 Å². The molecular formula is C24H22FN5O3. The van der Waals surface area contributed by atoms with E-state index in [2.05, 4.69) is 20.8 Å². The van der Waals surface area contributed by atoms with E-state index in [1.165, 1.54) is 25.5 Å². The number of benzene rings is 3. The lowest BCUT2D eigenvalue weighted by Crippen LogP contribution is -2.19. The third kappa shape index (κ3) is 5.70. The van der Waals surface area contributed by atoms with Crippen molar-refractivity contribution in [2.75, 3.05) is 7.11 Å². The van der Waals surface area contributed by atoms with Gasteiger partial charge in [0.1, 0.15) is 17.9 Å². The van der Waals surface area contributed by atoms with Crippen LogP contribution in [0.1, 0.15) is 17.5 Å². The topological polar surface area (TPSA) is 90.6 Å². The number of hydrogen-bond donors (Lipinski definition) is 1. The predicted octanol–water partition coefficient (Wildman–Crippen LogP) is 3.70. The minimum absolute atomic E-state index is 0.212. The van der Waals surface area contributed by atoms with E-state index in [9.17, 15) is 9.18 Å². The number of aryl methyl sites for hydroxylation is 1. The molecule has 0 fully saturated rings. The molecule has 0 aliphatic rings. The first-order valence-electron chi connectivity index (χ1n) is 10.3. The highest BCUT2D eigenvalue weighted by molar-refractivity contribution is 5.83. The van der Waals surface area contributed by atoms with Crippen molar-refractivity contribution in [3.05, 3.63) is 83.7 Å². The number of amides is 1. The monoisotopic (exact) mass is 447 g/mol. The summed E-state index contributed by atoms with van der Waals surface area (Å²) in [7, 11) is 1.54. The summed E-state index contributed by atoms with van der Waals surface area (Å²) in [6, 6.07) is 19.0. The predicted molar refractivity (Wildman–Crippen MR) is 122 cm³/mol. The molecule has 9 heteroatoms. The fourth-order valence-electron chi connectivity index (χ4n) is 3.15. The lowest BCUT2D eigenvalue weighted by atomic mass is 10.2. The molecule has 0 saturated heterocycles. The van der Waals surface area contributed by atoms with Crippen LogP contribution >= 0.6 is 0 Å². The van der Waals surface area contributed by atoms with Gasteiger partial charge in [-0.15, -0.1) is 5.10 Å². The maximum absolute atomic E-state index is 13.0. The second-order valence-electron chi connectivity index (χ2n) is 7.17. The molecule has 1 heterocycles. The van der Waals surface area contributed by atoms with E-state index in [0.717, 1.165) is 22.2 Å². The van der Waals surface area contributed by atoms with Crippen LogP contribution < -0.4 is 14.9 Å². The van der Waals surface area contributed by atoms with Crippen molar-refractivity contribution in [2.45, 2.75) is 19.6 Å². The number of carbonyl (C=O) groups is 1. The van der Waals surface area contributed by atoms with Crippen molar-refractivity contribution in [3.63, 3.8) is 0 Å². The van der Waals surface area contributed by atoms with Crippen LogP contribution in [-0.4, -0.2) is 34.2 Å². The Morgan fingerprint density at radius 2 is 1.94 bits per heavy atom. The first-order valence-corrected chi connectivity index (χ1v) is 10.3. The number of methoxy groups -OCH3 is 1. The summed E-state index contributed by atoms with van der Waals surface area (Å²) in [5, 5.41) is 12.1. The highest BCUT2D eigenvalue weighted by Crippen LogP contribution is 2.28. The quantitative estimate of drug-likeness (QED) is 0.312. The largest absolute Gasteiger partial charge is 0.493 e. The summed E-state index contributed by atoms with van der Waals surface area (Å²) in [4.78, 5) is 12.1. The summed E-state index contributed by atoms with van der Waals surface area (Å²) in [5.74, 6) is 0.532. The van der Waals surface area contributed by atoms with Gasteiger partial charge >= 0.3 is 0 Å². The Hall–Kier alpha value is -4.27. The summed E-state index contributed by atoms with van der Waals surface area (Å²) in [6.45, 7) is 0.678. The Bertz CT molecular complexity index is 1270. The molecule has 33 heavy (non-hydrogen) atoms. The number of hydrogen-bond acceptors (Lipinski definition) is 6. The minimum atomic E-state index is -0.293. The zero-order valence-electron chi connectivity index (χ0n) is 17.9. The molecule has 0 aliphatic heterocycles. The fourth-order valence-corrected chi connectivity index (χ4v) is 3.15. The lowest BCUT2D eigenvalue weighted by molar-refractivity contribution is -0.121. The molecule has 1 amide bonds. The van der Waals surface area contributed by atoms with E-state index < -0.39 is 0 Å². The third-order valence-corrected chi connectivity index (χ3v) is 4.87. The van der Waals surface area contributed by atoms with Crippen LogP contribution in [0, 0.1) is 5.82 Å². The molecule has 8 nitrogen and oxygen atoms in total. The van der Waals surface area contributed by atoms with E-state index in [-0.39, 0.29) is 24.8 Å². The Balaban J connectivity index is 1.30. The molecule has 168 valence electrons. The maximum Gasteiger partial charge on any atom is 0.241 e. The molecule has 0 spiro atoms. The molecular weight excluding hydrogens is 425 g/mol. The van der Waals surface area contributed by atoms with Crippen LogP contribution in [0.25, 0.3) is 11.0 Å². The van der Waals surface area contributed by atoms with Gasteiger partial charge < -0.3 is 9.47 Å². The van der Waals surface area contributed by atoms with Crippen LogP contribution in [0.3, 0.4) is 0 Å². The lowest BCUT2D eigenvalue weighted by Gasteiger charge is -2.11. The number of ether oxygens (including phenoxy) is 2. The van der Waals surface area contributed by atoms with Crippen LogP contribution in [0.5, 0.6) is 11.5 Å². The number of hydrazone groups is 1. The van der Waals surface area contributed by atoms with Crippen molar-refractivity contribution < 1.29 is 18.7 Å². The van der Waals surface area contributed by atoms with Crippen LogP contribution in [0.4, 0.5) is 4.39 Å². The van der Waals surface area contributed by atoms with Gasteiger partial charge in [0.15, 0.2) is 11.5 Å². The van der Waals surface area contributed by atoms with Crippen LogP contribution in [-0.2, 0) is 17.9 Å². The number of carbonyl (C=O) groups excluding carboxylic acids is 1. The van der Waals surface area contributed by atoms with Gasteiger partial charge in [-0.3, -0.25) is 4.79 Å². The van der Waals surface area contributed by atoms with Gasteiger partial charge in [0.2, 0.25) is 5.91 Å². The molecule has 1 aromatic heterocycles. The fraction of sp³-hybridized carbons (Fsp3) is 0.167. The molecule has 0 bridgehead atoms.